The van der Waals surface area contributed by atoms with E-state index < -0.39 is 0 Å². The fourth-order valence-corrected chi connectivity index (χ4v) is 2.47. The Morgan fingerprint density at radius 3 is 2.25 bits per heavy atom. The smallest absolute Gasteiger partial charge is 0.0330 e. The van der Waals surface area contributed by atoms with Crippen molar-refractivity contribution in [1.82, 2.24) is 9.80 Å². The molecule has 3 heteroatoms. The minimum atomic E-state index is 0.459. The number of nitrogens with zero attached hydrogens (tertiary/aromatic N) is 2. The van der Waals surface area contributed by atoms with Gasteiger partial charge in [0.05, 0.1) is 0 Å². The highest BCUT2D eigenvalue weighted by Gasteiger charge is 2.39. The Balaban J connectivity index is 2.30. The molecule has 0 aromatic carbocycles. The maximum Gasteiger partial charge on any atom is 0.0330 e. The molecule has 1 fully saturated rings. The first kappa shape index (κ1) is 13.9. The molecule has 1 saturated carbocycles. The van der Waals surface area contributed by atoms with Gasteiger partial charge < -0.3 is 15.5 Å². The van der Waals surface area contributed by atoms with Crippen molar-refractivity contribution >= 4 is 0 Å². The molecule has 1 atom stereocenters. The maximum atomic E-state index is 5.64. The summed E-state index contributed by atoms with van der Waals surface area (Å²) in [4.78, 5) is 4.89. The first-order chi connectivity index (χ1) is 7.50. The van der Waals surface area contributed by atoms with Crippen molar-refractivity contribution in [2.45, 2.75) is 38.1 Å². The van der Waals surface area contributed by atoms with Crippen LogP contribution >= 0.6 is 0 Å². The number of hydrogen-bond acceptors (Lipinski definition) is 3. The summed E-state index contributed by atoms with van der Waals surface area (Å²) in [5.41, 5.74) is 6.10. The van der Waals surface area contributed by atoms with Crippen LogP contribution in [-0.4, -0.2) is 56.1 Å². The van der Waals surface area contributed by atoms with E-state index in [1.807, 2.05) is 0 Å². The van der Waals surface area contributed by atoms with E-state index in [2.05, 4.69) is 37.9 Å². The second-order valence-corrected chi connectivity index (χ2v) is 5.84. The van der Waals surface area contributed by atoms with Crippen LogP contribution in [0.25, 0.3) is 0 Å². The zero-order valence-electron chi connectivity index (χ0n) is 11.5. The molecule has 1 aliphatic rings. The summed E-state index contributed by atoms with van der Waals surface area (Å²) in [6, 6.07) is 0. The van der Waals surface area contributed by atoms with Crippen LogP contribution < -0.4 is 5.73 Å². The minimum Gasteiger partial charge on any atom is -0.330 e. The van der Waals surface area contributed by atoms with Gasteiger partial charge in [-0.05, 0) is 65.8 Å². The number of likely N-dealkylation sites (N-methyl/N-ethyl adjacent to an activating group) is 2. The lowest BCUT2D eigenvalue weighted by atomic mass is 9.75. The fourth-order valence-electron chi connectivity index (χ4n) is 2.47. The molecule has 1 aliphatic carbocycles. The molecule has 0 aromatic rings. The molecular weight excluding hydrogens is 198 g/mol. The molecule has 0 bridgehead atoms. The Morgan fingerprint density at radius 2 is 1.88 bits per heavy atom. The van der Waals surface area contributed by atoms with Crippen LogP contribution in [0.1, 0.15) is 32.6 Å². The van der Waals surface area contributed by atoms with Crippen molar-refractivity contribution in [3.8, 4) is 0 Å². The van der Waals surface area contributed by atoms with Gasteiger partial charge in [0.25, 0.3) is 0 Å². The highest BCUT2D eigenvalue weighted by Crippen LogP contribution is 2.36. The Bertz CT molecular complexity index is 199. The molecule has 0 amide bonds. The number of nitrogens with two attached hydrogens (primary N) is 1. The van der Waals surface area contributed by atoms with Gasteiger partial charge in [0.2, 0.25) is 0 Å². The molecule has 1 rings (SSSR count). The Hall–Kier alpha value is -0.120. The van der Waals surface area contributed by atoms with Crippen molar-refractivity contribution in [2.24, 2.45) is 11.7 Å². The summed E-state index contributed by atoms with van der Waals surface area (Å²) in [5.74, 6) is 0.652. The lowest BCUT2D eigenvalue weighted by Gasteiger charge is -2.49. The summed E-state index contributed by atoms with van der Waals surface area (Å²) in [6.07, 6.45) is 5.33. The molecule has 0 spiro atoms. The van der Waals surface area contributed by atoms with Gasteiger partial charge in [-0.3, -0.25) is 0 Å². The Morgan fingerprint density at radius 1 is 1.25 bits per heavy atom. The average Bonchev–Trinajstić information content (AvgIpc) is 2.19. The zero-order valence-corrected chi connectivity index (χ0v) is 11.5. The molecule has 0 aromatic heterocycles. The Labute approximate surface area is 101 Å². The molecule has 0 heterocycles. The number of hydrogen-bond donors (Lipinski definition) is 1. The quantitative estimate of drug-likeness (QED) is 0.713. The molecular formula is C13H29N3. The molecule has 1 unspecified atom stereocenters. The highest BCUT2D eigenvalue weighted by molar-refractivity contribution is 4.97. The van der Waals surface area contributed by atoms with E-state index in [1.165, 1.54) is 38.8 Å². The van der Waals surface area contributed by atoms with Crippen molar-refractivity contribution in [1.29, 1.82) is 0 Å². The van der Waals surface area contributed by atoms with Crippen LogP contribution in [0.15, 0.2) is 0 Å². The van der Waals surface area contributed by atoms with Crippen LogP contribution in [0.3, 0.4) is 0 Å². The second kappa shape index (κ2) is 5.99. The Kier molecular flexibility index (Phi) is 5.22. The van der Waals surface area contributed by atoms with Crippen LogP contribution in [0.5, 0.6) is 0 Å². The predicted molar refractivity (Wildman–Crippen MR) is 70.6 cm³/mol. The van der Waals surface area contributed by atoms with Gasteiger partial charge in [0.1, 0.15) is 0 Å². The largest absolute Gasteiger partial charge is 0.330 e. The topological polar surface area (TPSA) is 32.5 Å². The summed E-state index contributed by atoms with van der Waals surface area (Å²) in [6.45, 7) is 5.43. The second-order valence-electron chi connectivity index (χ2n) is 5.84. The van der Waals surface area contributed by atoms with Crippen LogP contribution in [-0.2, 0) is 0 Å². The van der Waals surface area contributed by atoms with Crippen molar-refractivity contribution in [3.05, 3.63) is 0 Å². The van der Waals surface area contributed by atoms with Crippen molar-refractivity contribution < 1.29 is 0 Å². The van der Waals surface area contributed by atoms with Crippen molar-refractivity contribution in [2.75, 3.05) is 40.8 Å². The van der Waals surface area contributed by atoms with E-state index >= 15 is 0 Å². The zero-order chi connectivity index (χ0) is 12.2. The predicted octanol–water partition coefficient (Wildman–Crippen LogP) is 1.39. The summed E-state index contributed by atoms with van der Waals surface area (Å²) in [7, 11) is 6.68. The maximum absolute atomic E-state index is 5.64. The fraction of sp³-hybridized carbons (Fsp3) is 1.00. The minimum absolute atomic E-state index is 0.459. The molecule has 2 N–H and O–H groups in total. The summed E-state index contributed by atoms with van der Waals surface area (Å²) < 4.78 is 0. The lowest BCUT2D eigenvalue weighted by Crippen LogP contribution is -2.56. The SMILES string of the molecule is CC(CN)CCN(C)CC1(N(C)C)CCC1. The van der Waals surface area contributed by atoms with E-state index in [1.54, 1.807) is 0 Å². The van der Waals surface area contributed by atoms with E-state index in [0.29, 0.717) is 11.5 Å². The van der Waals surface area contributed by atoms with Gasteiger partial charge in [-0.25, -0.2) is 0 Å². The van der Waals surface area contributed by atoms with Gasteiger partial charge in [-0.1, -0.05) is 6.92 Å². The monoisotopic (exact) mass is 227 g/mol. The van der Waals surface area contributed by atoms with E-state index in [0.717, 1.165) is 6.54 Å². The molecule has 0 aliphatic heterocycles. The number of rotatable bonds is 7. The third kappa shape index (κ3) is 3.44. The third-order valence-corrected chi connectivity index (χ3v) is 4.20. The van der Waals surface area contributed by atoms with Gasteiger partial charge in [0.15, 0.2) is 0 Å². The summed E-state index contributed by atoms with van der Waals surface area (Å²) in [5, 5.41) is 0. The lowest BCUT2D eigenvalue weighted by molar-refractivity contribution is 0.0268. The first-order valence-electron chi connectivity index (χ1n) is 6.56. The standard InChI is InChI=1S/C13H29N3/c1-12(10-14)6-9-16(4)11-13(15(2)3)7-5-8-13/h12H,5-11,14H2,1-4H3. The molecule has 16 heavy (non-hydrogen) atoms. The first-order valence-corrected chi connectivity index (χ1v) is 6.56. The van der Waals surface area contributed by atoms with Crippen LogP contribution in [0.2, 0.25) is 0 Å². The normalized spacial score (nSPS) is 21.2. The van der Waals surface area contributed by atoms with Crippen LogP contribution in [0, 0.1) is 5.92 Å². The molecule has 3 nitrogen and oxygen atoms in total. The van der Waals surface area contributed by atoms with E-state index in [-0.39, 0.29) is 0 Å². The van der Waals surface area contributed by atoms with E-state index in [4.69, 9.17) is 5.73 Å². The van der Waals surface area contributed by atoms with Gasteiger partial charge >= 0.3 is 0 Å². The molecule has 96 valence electrons. The molecule has 0 radical (unpaired) electrons. The van der Waals surface area contributed by atoms with E-state index in [9.17, 15) is 0 Å². The average molecular weight is 227 g/mol. The molecule has 0 saturated heterocycles. The highest BCUT2D eigenvalue weighted by atomic mass is 15.2. The van der Waals surface area contributed by atoms with Gasteiger partial charge in [0, 0.05) is 12.1 Å². The van der Waals surface area contributed by atoms with Gasteiger partial charge in [-0.15, -0.1) is 0 Å². The third-order valence-electron chi connectivity index (χ3n) is 4.20. The summed E-state index contributed by atoms with van der Waals surface area (Å²) >= 11 is 0. The van der Waals surface area contributed by atoms with Crippen molar-refractivity contribution in [3.63, 3.8) is 0 Å². The van der Waals surface area contributed by atoms with Crippen LogP contribution in [0.4, 0.5) is 0 Å². The van der Waals surface area contributed by atoms with Gasteiger partial charge in [-0.2, -0.15) is 0 Å².